The molecule has 1 aromatic carbocycles. The number of halogens is 1. The van der Waals surface area contributed by atoms with Gasteiger partial charge in [0.2, 0.25) is 0 Å². The molecule has 1 saturated carbocycles. The molecule has 0 heterocycles. The summed E-state index contributed by atoms with van der Waals surface area (Å²) in [5, 5.41) is 19.5. The van der Waals surface area contributed by atoms with E-state index in [1.54, 1.807) is 0 Å². The molecule has 1 aliphatic carbocycles. The summed E-state index contributed by atoms with van der Waals surface area (Å²) in [5.41, 5.74) is 1.13. The first-order valence-corrected chi connectivity index (χ1v) is 5.50. The van der Waals surface area contributed by atoms with Gasteiger partial charge in [0.15, 0.2) is 0 Å². The first-order valence-electron chi connectivity index (χ1n) is 4.71. The zero-order chi connectivity index (χ0) is 10.3. The molecule has 0 spiro atoms. The minimum atomic E-state index is -0.551. The van der Waals surface area contributed by atoms with Crippen LogP contribution in [0.4, 0.5) is 0 Å². The molecule has 0 radical (unpaired) electrons. The second kappa shape index (κ2) is 3.24. The predicted molar refractivity (Wildman–Crippen MR) is 58.4 cm³/mol. The maximum Gasteiger partial charge on any atom is 0.121 e. The topological polar surface area (TPSA) is 40.5 Å². The Bertz CT molecular complexity index is 370. The van der Waals surface area contributed by atoms with Crippen LogP contribution in [0.25, 0.3) is 0 Å². The highest BCUT2D eigenvalue weighted by Gasteiger charge is 2.40. The predicted octanol–water partition coefficient (Wildman–Crippen LogP) is 2.53. The van der Waals surface area contributed by atoms with Crippen LogP contribution in [0.15, 0.2) is 16.6 Å². The lowest BCUT2D eigenvalue weighted by Crippen LogP contribution is -2.11. The molecule has 14 heavy (non-hydrogen) atoms. The molecule has 1 fully saturated rings. The zero-order valence-corrected chi connectivity index (χ0v) is 9.63. The van der Waals surface area contributed by atoms with Gasteiger partial charge in [-0.3, -0.25) is 0 Å². The van der Waals surface area contributed by atoms with Gasteiger partial charge in [0.25, 0.3) is 0 Å². The second-order valence-corrected chi connectivity index (χ2v) is 5.05. The standard InChI is InChI=1S/C11H13BrO2/c1-7-4-9(12)5-8(10(7)13)6-11(14)2-3-11/h4-5,13-14H,2-3,6H2,1H3. The van der Waals surface area contributed by atoms with Gasteiger partial charge in [0, 0.05) is 10.9 Å². The molecule has 0 bridgehead atoms. The molecule has 0 aromatic heterocycles. The Hall–Kier alpha value is -0.540. The van der Waals surface area contributed by atoms with Gasteiger partial charge in [0.05, 0.1) is 5.60 Å². The maximum absolute atomic E-state index is 9.78. The molecule has 0 amide bonds. The van der Waals surface area contributed by atoms with E-state index in [0.717, 1.165) is 28.4 Å². The van der Waals surface area contributed by atoms with Crippen molar-refractivity contribution in [2.75, 3.05) is 0 Å². The molecule has 2 rings (SSSR count). The Morgan fingerprint density at radius 3 is 2.64 bits per heavy atom. The number of aliphatic hydroxyl groups is 1. The largest absolute Gasteiger partial charge is 0.507 e. The van der Waals surface area contributed by atoms with Crippen LogP contribution in [-0.4, -0.2) is 15.8 Å². The molecule has 0 unspecified atom stereocenters. The van der Waals surface area contributed by atoms with E-state index >= 15 is 0 Å². The van der Waals surface area contributed by atoms with Gasteiger partial charge in [-0.25, -0.2) is 0 Å². The Morgan fingerprint density at radius 1 is 1.43 bits per heavy atom. The van der Waals surface area contributed by atoms with Gasteiger partial charge in [-0.05, 0) is 43.0 Å². The summed E-state index contributed by atoms with van der Waals surface area (Å²) >= 11 is 3.38. The van der Waals surface area contributed by atoms with Crippen LogP contribution in [0.3, 0.4) is 0 Å². The number of aryl methyl sites for hydroxylation is 1. The van der Waals surface area contributed by atoms with Crippen molar-refractivity contribution in [3.05, 3.63) is 27.7 Å². The van der Waals surface area contributed by atoms with E-state index in [1.807, 2.05) is 19.1 Å². The van der Waals surface area contributed by atoms with Gasteiger partial charge in [-0.2, -0.15) is 0 Å². The lowest BCUT2D eigenvalue weighted by Gasteiger charge is -2.11. The molecule has 2 nitrogen and oxygen atoms in total. The third-order valence-corrected chi connectivity index (χ3v) is 3.15. The molecule has 0 atom stereocenters. The highest BCUT2D eigenvalue weighted by Crippen LogP contribution is 2.41. The third kappa shape index (κ3) is 1.93. The molecule has 0 saturated heterocycles. The number of phenolic OH excluding ortho intramolecular Hbond substituents is 1. The Labute approximate surface area is 91.7 Å². The van der Waals surface area contributed by atoms with Gasteiger partial charge >= 0.3 is 0 Å². The summed E-state index contributed by atoms with van der Waals surface area (Å²) in [6.45, 7) is 1.86. The number of rotatable bonds is 2. The number of aromatic hydroxyl groups is 1. The van der Waals surface area contributed by atoms with Gasteiger partial charge in [0.1, 0.15) is 5.75 Å². The van der Waals surface area contributed by atoms with Crippen LogP contribution < -0.4 is 0 Å². The normalized spacial score (nSPS) is 18.2. The molecule has 1 aromatic rings. The Morgan fingerprint density at radius 2 is 2.07 bits per heavy atom. The van der Waals surface area contributed by atoms with E-state index in [0.29, 0.717) is 12.2 Å². The summed E-state index contributed by atoms with van der Waals surface area (Å²) in [5.74, 6) is 0.313. The van der Waals surface area contributed by atoms with Crippen molar-refractivity contribution in [2.24, 2.45) is 0 Å². The first-order chi connectivity index (χ1) is 6.50. The van der Waals surface area contributed by atoms with E-state index in [1.165, 1.54) is 0 Å². The third-order valence-electron chi connectivity index (χ3n) is 2.69. The van der Waals surface area contributed by atoms with Gasteiger partial charge in [-0.15, -0.1) is 0 Å². The summed E-state index contributed by atoms with van der Waals surface area (Å²) in [6, 6.07) is 3.74. The maximum atomic E-state index is 9.78. The molecule has 0 aliphatic heterocycles. The fourth-order valence-electron chi connectivity index (χ4n) is 1.62. The van der Waals surface area contributed by atoms with Crippen molar-refractivity contribution >= 4 is 15.9 Å². The number of hydrogen-bond acceptors (Lipinski definition) is 2. The smallest absolute Gasteiger partial charge is 0.121 e. The quantitative estimate of drug-likeness (QED) is 0.854. The van der Waals surface area contributed by atoms with Crippen LogP contribution in [0.1, 0.15) is 24.0 Å². The monoisotopic (exact) mass is 256 g/mol. The minimum absolute atomic E-state index is 0.313. The van der Waals surface area contributed by atoms with Gasteiger partial charge in [-0.1, -0.05) is 15.9 Å². The van der Waals surface area contributed by atoms with E-state index in [9.17, 15) is 10.2 Å². The summed E-state index contributed by atoms with van der Waals surface area (Å²) in [7, 11) is 0. The van der Waals surface area contributed by atoms with Crippen LogP contribution in [0, 0.1) is 6.92 Å². The van der Waals surface area contributed by atoms with Crippen molar-refractivity contribution < 1.29 is 10.2 Å². The van der Waals surface area contributed by atoms with Crippen molar-refractivity contribution in [2.45, 2.75) is 31.8 Å². The van der Waals surface area contributed by atoms with E-state index in [4.69, 9.17) is 0 Å². The Balaban J connectivity index is 2.32. The summed E-state index contributed by atoms with van der Waals surface area (Å²) < 4.78 is 0.951. The zero-order valence-electron chi connectivity index (χ0n) is 8.05. The molecule has 1 aliphatic rings. The summed E-state index contributed by atoms with van der Waals surface area (Å²) in [6.07, 6.45) is 2.25. The lowest BCUT2D eigenvalue weighted by molar-refractivity contribution is 0.150. The number of benzene rings is 1. The van der Waals surface area contributed by atoms with Crippen molar-refractivity contribution in [3.63, 3.8) is 0 Å². The van der Waals surface area contributed by atoms with Crippen LogP contribution in [0.2, 0.25) is 0 Å². The van der Waals surface area contributed by atoms with E-state index in [-0.39, 0.29) is 0 Å². The molecule has 3 heteroatoms. The van der Waals surface area contributed by atoms with E-state index < -0.39 is 5.60 Å². The van der Waals surface area contributed by atoms with Crippen molar-refractivity contribution in [1.29, 1.82) is 0 Å². The fraction of sp³-hybridized carbons (Fsp3) is 0.455. The molecule has 2 N–H and O–H groups in total. The first kappa shape index (κ1) is 9.99. The second-order valence-electron chi connectivity index (χ2n) is 4.13. The SMILES string of the molecule is Cc1cc(Br)cc(CC2(O)CC2)c1O. The summed E-state index contributed by atoms with van der Waals surface area (Å²) in [4.78, 5) is 0. The van der Waals surface area contributed by atoms with Crippen LogP contribution in [-0.2, 0) is 6.42 Å². The average molecular weight is 257 g/mol. The van der Waals surface area contributed by atoms with Crippen molar-refractivity contribution in [1.82, 2.24) is 0 Å². The van der Waals surface area contributed by atoms with Crippen molar-refractivity contribution in [3.8, 4) is 5.75 Å². The number of phenols is 1. The molecule has 76 valence electrons. The fourth-order valence-corrected chi connectivity index (χ4v) is 2.23. The lowest BCUT2D eigenvalue weighted by atomic mass is 10.0. The Kier molecular flexibility index (Phi) is 2.32. The van der Waals surface area contributed by atoms with Crippen LogP contribution >= 0.6 is 15.9 Å². The highest BCUT2D eigenvalue weighted by atomic mass is 79.9. The van der Waals surface area contributed by atoms with Gasteiger partial charge < -0.3 is 10.2 Å². The van der Waals surface area contributed by atoms with E-state index in [2.05, 4.69) is 15.9 Å². The minimum Gasteiger partial charge on any atom is -0.507 e. The molecular weight excluding hydrogens is 244 g/mol. The number of hydrogen-bond donors (Lipinski definition) is 2. The highest BCUT2D eigenvalue weighted by molar-refractivity contribution is 9.10. The molecular formula is C11H13BrO2. The average Bonchev–Trinajstić information content (AvgIpc) is 2.79. The van der Waals surface area contributed by atoms with Crippen LogP contribution in [0.5, 0.6) is 5.75 Å².